The molecule has 1 atom stereocenters. The predicted molar refractivity (Wildman–Crippen MR) is 73.6 cm³/mol. The summed E-state index contributed by atoms with van der Waals surface area (Å²) in [6, 6.07) is 1.64. The maximum Gasteiger partial charge on any atom is 0.164 e. The van der Waals surface area contributed by atoms with Crippen molar-refractivity contribution in [2.45, 2.75) is 40.3 Å². The number of anilines is 1. The van der Waals surface area contributed by atoms with Gasteiger partial charge in [0.05, 0.1) is 23.6 Å². The Labute approximate surface area is 112 Å². The van der Waals surface area contributed by atoms with Crippen LogP contribution in [0.4, 0.5) is 10.1 Å². The maximum atomic E-state index is 13.6. The first-order valence-electron chi connectivity index (χ1n) is 6.44. The average Bonchev–Trinajstić information content (AvgIpc) is 2.67. The van der Waals surface area contributed by atoms with Crippen molar-refractivity contribution < 1.29 is 4.39 Å². The van der Waals surface area contributed by atoms with E-state index in [-0.39, 0.29) is 11.9 Å². The molecule has 0 aromatic carbocycles. The Balaban J connectivity index is 2.28. The fourth-order valence-electron chi connectivity index (χ4n) is 2.44. The van der Waals surface area contributed by atoms with Crippen LogP contribution in [0.25, 0.3) is 0 Å². The van der Waals surface area contributed by atoms with Gasteiger partial charge in [-0.15, -0.1) is 0 Å². The molecule has 1 N–H and O–H groups in total. The van der Waals surface area contributed by atoms with Gasteiger partial charge in [0.25, 0.3) is 0 Å². The molecular formula is C14H19FN4. The van der Waals surface area contributed by atoms with Gasteiger partial charge < -0.3 is 5.32 Å². The Morgan fingerprint density at radius 1 is 1.42 bits per heavy atom. The van der Waals surface area contributed by atoms with Crippen molar-refractivity contribution in [1.82, 2.24) is 14.8 Å². The Hall–Kier alpha value is -1.91. The number of nitrogens with one attached hydrogen (secondary N) is 1. The van der Waals surface area contributed by atoms with Gasteiger partial charge in [-0.05, 0) is 33.8 Å². The summed E-state index contributed by atoms with van der Waals surface area (Å²) in [4.78, 5) is 3.75. The molecule has 0 spiro atoms. The van der Waals surface area contributed by atoms with Crippen LogP contribution in [0.15, 0.2) is 18.5 Å². The minimum atomic E-state index is -0.340. The molecule has 1 unspecified atom stereocenters. The summed E-state index contributed by atoms with van der Waals surface area (Å²) in [6.07, 6.45) is 2.79. The van der Waals surface area contributed by atoms with E-state index in [4.69, 9.17) is 0 Å². The van der Waals surface area contributed by atoms with E-state index in [1.54, 1.807) is 12.3 Å². The van der Waals surface area contributed by atoms with E-state index in [0.29, 0.717) is 5.69 Å². The number of aryl methyl sites for hydroxylation is 2. The first kappa shape index (κ1) is 13.5. The van der Waals surface area contributed by atoms with E-state index in [9.17, 15) is 4.39 Å². The number of rotatable bonds is 4. The van der Waals surface area contributed by atoms with E-state index in [1.807, 2.05) is 25.5 Å². The summed E-state index contributed by atoms with van der Waals surface area (Å²) in [5.41, 5.74) is 3.69. The number of nitrogens with zero attached hydrogens (tertiary/aromatic N) is 3. The maximum absolute atomic E-state index is 13.6. The summed E-state index contributed by atoms with van der Waals surface area (Å²) in [5.74, 6) is -0.340. The minimum Gasteiger partial charge on any atom is -0.376 e. The Morgan fingerprint density at radius 3 is 2.74 bits per heavy atom. The van der Waals surface area contributed by atoms with Gasteiger partial charge in [-0.1, -0.05) is 0 Å². The third-order valence-electron chi connectivity index (χ3n) is 3.31. The number of pyridine rings is 1. The van der Waals surface area contributed by atoms with E-state index in [2.05, 4.69) is 22.3 Å². The average molecular weight is 262 g/mol. The molecule has 0 amide bonds. The van der Waals surface area contributed by atoms with Crippen molar-refractivity contribution in [3.63, 3.8) is 0 Å². The molecule has 2 heterocycles. The molecule has 0 fully saturated rings. The van der Waals surface area contributed by atoms with Gasteiger partial charge in [-0.25, -0.2) is 4.39 Å². The lowest BCUT2D eigenvalue weighted by Gasteiger charge is -2.16. The van der Waals surface area contributed by atoms with Crippen LogP contribution in [0.5, 0.6) is 0 Å². The van der Waals surface area contributed by atoms with Crippen LogP contribution in [0.2, 0.25) is 0 Å². The zero-order valence-electron chi connectivity index (χ0n) is 11.7. The van der Waals surface area contributed by atoms with E-state index in [0.717, 1.165) is 23.5 Å². The smallest absolute Gasteiger partial charge is 0.164 e. The first-order chi connectivity index (χ1) is 9.04. The molecule has 0 saturated heterocycles. The quantitative estimate of drug-likeness (QED) is 0.920. The molecular weight excluding hydrogens is 243 g/mol. The molecule has 5 heteroatoms. The van der Waals surface area contributed by atoms with Crippen molar-refractivity contribution >= 4 is 5.69 Å². The number of hydrogen-bond donors (Lipinski definition) is 1. The number of halogens is 1. The van der Waals surface area contributed by atoms with Crippen molar-refractivity contribution in [3.8, 4) is 0 Å². The molecule has 2 rings (SSSR count). The van der Waals surface area contributed by atoms with Gasteiger partial charge in [-0.3, -0.25) is 9.67 Å². The molecule has 0 saturated carbocycles. The van der Waals surface area contributed by atoms with Crippen LogP contribution in [-0.2, 0) is 6.54 Å². The van der Waals surface area contributed by atoms with Crippen LogP contribution < -0.4 is 5.32 Å². The molecule has 0 bridgehead atoms. The molecule has 19 heavy (non-hydrogen) atoms. The van der Waals surface area contributed by atoms with Gasteiger partial charge in [0.1, 0.15) is 0 Å². The van der Waals surface area contributed by atoms with Gasteiger partial charge >= 0.3 is 0 Å². The fourth-order valence-corrected chi connectivity index (χ4v) is 2.44. The summed E-state index contributed by atoms with van der Waals surface area (Å²) in [7, 11) is 0. The topological polar surface area (TPSA) is 42.7 Å². The van der Waals surface area contributed by atoms with Crippen molar-refractivity contribution in [2.24, 2.45) is 0 Å². The van der Waals surface area contributed by atoms with Crippen LogP contribution in [0, 0.1) is 19.7 Å². The second-order valence-corrected chi connectivity index (χ2v) is 4.62. The molecule has 0 aliphatic carbocycles. The molecule has 0 aliphatic rings. The van der Waals surface area contributed by atoms with Crippen LogP contribution >= 0.6 is 0 Å². The normalized spacial score (nSPS) is 12.5. The largest absolute Gasteiger partial charge is 0.376 e. The van der Waals surface area contributed by atoms with E-state index < -0.39 is 0 Å². The van der Waals surface area contributed by atoms with Crippen molar-refractivity contribution in [2.75, 3.05) is 5.32 Å². The molecule has 2 aromatic heterocycles. The van der Waals surface area contributed by atoms with E-state index in [1.165, 1.54) is 6.20 Å². The number of hydrogen-bond acceptors (Lipinski definition) is 3. The molecule has 102 valence electrons. The van der Waals surface area contributed by atoms with Crippen molar-refractivity contribution in [1.29, 1.82) is 0 Å². The first-order valence-corrected chi connectivity index (χ1v) is 6.44. The molecule has 0 radical (unpaired) electrons. The van der Waals surface area contributed by atoms with E-state index >= 15 is 0 Å². The SMILES string of the molecule is CCn1nc(C)c(C(C)Nc2ccncc2F)c1C. The molecule has 2 aromatic rings. The highest BCUT2D eigenvalue weighted by Gasteiger charge is 2.17. The second-order valence-electron chi connectivity index (χ2n) is 4.62. The van der Waals surface area contributed by atoms with Gasteiger partial charge in [0.2, 0.25) is 0 Å². The lowest BCUT2D eigenvalue weighted by Crippen LogP contribution is -2.10. The summed E-state index contributed by atoms with van der Waals surface area (Å²) in [5, 5.41) is 7.66. The fraction of sp³-hybridized carbons (Fsp3) is 0.429. The van der Waals surface area contributed by atoms with Gasteiger partial charge in [-0.2, -0.15) is 5.10 Å². The zero-order chi connectivity index (χ0) is 14.0. The summed E-state index contributed by atoms with van der Waals surface area (Å²) < 4.78 is 15.6. The van der Waals surface area contributed by atoms with Gasteiger partial charge in [0.15, 0.2) is 5.82 Å². The lowest BCUT2D eigenvalue weighted by molar-refractivity contribution is 0.620. The Kier molecular flexibility index (Phi) is 3.83. The monoisotopic (exact) mass is 262 g/mol. The number of aromatic nitrogens is 3. The highest BCUT2D eigenvalue weighted by molar-refractivity contribution is 5.46. The van der Waals surface area contributed by atoms with Gasteiger partial charge in [0, 0.05) is 24.0 Å². The third kappa shape index (κ3) is 2.59. The molecule has 4 nitrogen and oxygen atoms in total. The highest BCUT2D eigenvalue weighted by atomic mass is 19.1. The predicted octanol–water partition coefficient (Wildman–Crippen LogP) is 3.23. The lowest BCUT2D eigenvalue weighted by atomic mass is 10.1. The van der Waals surface area contributed by atoms with Crippen LogP contribution in [0.1, 0.15) is 36.8 Å². The third-order valence-corrected chi connectivity index (χ3v) is 3.31. The highest BCUT2D eigenvalue weighted by Crippen LogP contribution is 2.25. The van der Waals surface area contributed by atoms with Crippen molar-refractivity contribution in [3.05, 3.63) is 41.2 Å². The standard InChI is InChI=1S/C14H19FN4/c1-5-19-11(4)14(10(3)18-19)9(2)17-13-6-7-16-8-12(13)15/h6-9H,5H2,1-4H3,(H,16,17). The minimum absolute atomic E-state index is 0.00259. The molecule has 0 aliphatic heterocycles. The van der Waals surface area contributed by atoms with Crippen LogP contribution in [-0.4, -0.2) is 14.8 Å². The summed E-state index contributed by atoms with van der Waals surface area (Å²) in [6.45, 7) is 8.93. The van der Waals surface area contributed by atoms with Crippen LogP contribution in [0.3, 0.4) is 0 Å². The Bertz CT molecular complexity index is 577. The zero-order valence-corrected chi connectivity index (χ0v) is 11.7. The summed E-state index contributed by atoms with van der Waals surface area (Å²) >= 11 is 0. The second kappa shape index (κ2) is 5.38. The Morgan fingerprint density at radius 2 is 2.16 bits per heavy atom.